The molecular formula is C24H25FN4O4S. The molecule has 1 aromatic carbocycles. The predicted molar refractivity (Wildman–Crippen MR) is 126 cm³/mol. The smallest absolute Gasteiger partial charge is 0.345 e. The minimum Gasteiger partial charge on any atom is -0.462 e. The molecule has 0 amide bonds. The first-order valence-electron chi connectivity index (χ1n) is 11.4. The van der Waals surface area contributed by atoms with Crippen LogP contribution in [0, 0.1) is 12.7 Å². The van der Waals surface area contributed by atoms with E-state index in [4.69, 9.17) is 9.26 Å². The quantitative estimate of drug-likeness (QED) is 0.383. The molecular weight excluding hydrogens is 459 g/mol. The fourth-order valence-corrected chi connectivity index (χ4v) is 5.68. The molecule has 8 nitrogen and oxygen atoms in total. The summed E-state index contributed by atoms with van der Waals surface area (Å²) in [4.78, 5) is 33.3. The zero-order valence-corrected chi connectivity index (χ0v) is 19.9. The Morgan fingerprint density at radius 2 is 2.12 bits per heavy atom. The minimum absolute atomic E-state index is 0.0445. The summed E-state index contributed by atoms with van der Waals surface area (Å²) < 4.78 is 25.3. The van der Waals surface area contributed by atoms with Crippen LogP contribution in [0.3, 0.4) is 0 Å². The average molecular weight is 485 g/mol. The highest BCUT2D eigenvalue weighted by Gasteiger charge is 2.25. The third kappa shape index (κ3) is 4.12. The monoisotopic (exact) mass is 484 g/mol. The van der Waals surface area contributed by atoms with Gasteiger partial charge in [0, 0.05) is 34.5 Å². The molecule has 1 aliphatic rings. The van der Waals surface area contributed by atoms with Crippen molar-refractivity contribution in [3.05, 3.63) is 62.4 Å². The van der Waals surface area contributed by atoms with Crippen LogP contribution in [0.2, 0.25) is 0 Å². The summed E-state index contributed by atoms with van der Waals surface area (Å²) in [5.74, 6) is -0.677. The number of carbonyl (C=O) groups excluding carboxylic acids is 1. The number of hydrogen-bond donors (Lipinski definition) is 0. The summed E-state index contributed by atoms with van der Waals surface area (Å²) >= 11 is 1.48. The Kier molecular flexibility index (Phi) is 6.18. The summed E-state index contributed by atoms with van der Waals surface area (Å²) in [6, 6.07) is 4.57. The third-order valence-corrected chi connectivity index (χ3v) is 7.69. The number of aromatic nitrogens is 3. The lowest BCUT2D eigenvalue weighted by atomic mass is 9.91. The molecule has 0 unspecified atom stereocenters. The highest BCUT2D eigenvalue weighted by Crippen LogP contribution is 2.33. The van der Waals surface area contributed by atoms with E-state index in [1.165, 1.54) is 34.1 Å². The highest BCUT2D eigenvalue weighted by atomic mass is 32.1. The van der Waals surface area contributed by atoms with Crippen molar-refractivity contribution in [1.29, 1.82) is 0 Å². The second-order valence-corrected chi connectivity index (χ2v) is 9.56. The van der Waals surface area contributed by atoms with E-state index in [9.17, 15) is 14.0 Å². The van der Waals surface area contributed by atoms with Crippen LogP contribution in [0.25, 0.3) is 15.9 Å². The molecule has 0 spiro atoms. The number of ether oxygens (including phenoxy) is 1. The van der Waals surface area contributed by atoms with Gasteiger partial charge in [-0.25, -0.2) is 14.2 Å². The summed E-state index contributed by atoms with van der Waals surface area (Å²) in [6.07, 6.45) is 4.01. The zero-order chi connectivity index (χ0) is 23.8. The van der Waals surface area contributed by atoms with Crippen molar-refractivity contribution in [3.63, 3.8) is 0 Å². The molecule has 0 aliphatic carbocycles. The van der Waals surface area contributed by atoms with Crippen LogP contribution < -0.4 is 5.56 Å². The number of likely N-dealkylation sites (tertiary alicyclic amines) is 1. The predicted octanol–water partition coefficient (Wildman–Crippen LogP) is 3.94. The lowest BCUT2D eigenvalue weighted by Gasteiger charge is -2.31. The van der Waals surface area contributed by atoms with Crippen LogP contribution in [-0.4, -0.2) is 51.7 Å². The molecule has 3 aromatic heterocycles. The van der Waals surface area contributed by atoms with Crippen LogP contribution in [0.1, 0.15) is 52.3 Å². The molecule has 4 heterocycles. The van der Waals surface area contributed by atoms with E-state index in [1.54, 1.807) is 13.0 Å². The van der Waals surface area contributed by atoms with Crippen LogP contribution in [0.15, 0.2) is 33.7 Å². The highest BCUT2D eigenvalue weighted by molar-refractivity contribution is 7.17. The minimum atomic E-state index is -0.644. The van der Waals surface area contributed by atoms with Crippen molar-refractivity contribution in [2.75, 3.05) is 26.2 Å². The van der Waals surface area contributed by atoms with Crippen molar-refractivity contribution in [2.24, 2.45) is 0 Å². The molecule has 0 bridgehead atoms. The van der Waals surface area contributed by atoms with Crippen molar-refractivity contribution < 1.29 is 18.4 Å². The van der Waals surface area contributed by atoms with Gasteiger partial charge in [-0.1, -0.05) is 5.16 Å². The number of rotatable bonds is 6. The number of thiazole rings is 1. The number of nitrogens with zero attached hydrogens (tertiary/aromatic N) is 4. The van der Waals surface area contributed by atoms with Gasteiger partial charge >= 0.3 is 5.97 Å². The van der Waals surface area contributed by atoms with Gasteiger partial charge in [0.25, 0.3) is 5.56 Å². The Morgan fingerprint density at radius 3 is 2.88 bits per heavy atom. The molecule has 4 aromatic rings. The van der Waals surface area contributed by atoms with Gasteiger partial charge in [-0.05, 0) is 58.3 Å². The first kappa shape index (κ1) is 22.7. The summed E-state index contributed by atoms with van der Waals surface area (Å²) in [5, 5.41) is 5.11. The molecule has 1 aliphatic heterocycles. The standard InChI is InChI=1S/C24H25FN4O4S/c1-3-32-23(31)18-13-26-24-29(22(18)30)14(2)20(34-24)8-11-28-9-6-15(7-10-28)21-17-5-4-16(25)12-19(17)33-27-21/h4-5,12-13,15H,3,6-11H2,1-2H3. The normalized spacial score (nSPS) is 15.4. The first-order valence-corrected chi connectivity index (χ1v) is 12.2. The van der Waals surface area contributed by atoms with Gasteiger partial charge in [0.2, 0.25) is 0 Å². The Labute approximate surface area is 198 Å². The maximum absolute atomic E-state index is 13.4. The van der Waals surface area contributed by atoms with E-state index in [2.05, 4.69) is 15.0 Å². The van der Waals surface area contributed by atoms with E-state index in [-0.39, 0.29) is 29.5 Å². The first-order chi connectivity index (χ1) is 16.5. The molecule has 34 heavy (non-hydrogen) atoms. The van der Waals surface area contributed by atoms with Crippen LogP contribution in [0.5, 0.6) is 0 Å². The van der Waals surface area contributed by atoms with Crippen molar-refractivity contribution in [3.8, 4) is 0 Å². The molecule has 178 valence electrons. The van der Waals surface area contributed by atoms with Crippen LogP contribution in [0.4, 0.5) is 4.39 Å². The largest absolute Gasteiger partial charge is 0.462 e. The second kappa shape index (κ2) is 9.27. The van der Waals surface area contributed by atoms with Crippen molar-refractivity contribution in [2.45, 2.75) is 39.0 Å². The average Bonchev–Trinajstić information content (AvgIpc) is 3.39. The maximum Gasteiger partial charge on any atom is 0.345 e. The van der Waals surface area contributed by atoms with E-state index in [1.807, 2.05) is 6.92 Å². The number of hydrogen-bond acceptors (Lipinski definition) is 8. The number of piperidine rings is 1. The number of benzene rings is 1. The molecule has 1 fully saturated rings. The number of halogens is 1. The van der Waals surface area contributed by atoms with E-state index < -0.39 is 5.97 Å². The molecule has 10 heteroatoms. The SMILES string of the molecule is CCOC(=O)c1cnc2sc(CCN3CCC(c4noc5cc(F)ccc45)CC3)c(C)n2c1=O. The Bertz CT molecular complexity index is 1420. The topological polar surface area (TPSA) is 89.9 Å². The molecule has 0 N–H and O–H groups in total. The fourth-order valence-electron chi connectivity index (χ4n) is 4.61. The molecule has 0 saturated carbocycles. The van der Waals surface area contributed by atoms with Gasteiger partial charge in [-0.15, -0.1) is 11.3 Å². The fraction of sp³-hybridized carbons (Fsp3) is 0.417. The van der Waals surface area contributed by atoms with Gasteiger partial charge < -0.3 is 14.2 Å². The Hall–Kier alpha value is -3.11. The lowest BCUT2D eigenvalue weighted by molar-refractivity contribution is 0.0523. The van der Waals surface area contributed by atoms with E-state index in [0.29, 0.717) is 10.5 Å². The number of fused-ring (bicyclic) bond motifs is 2. The Balaban J connectivity index is 1.25. The molecule has 5 rings (SSSR count). The van der Waals surface area contributed by atoms with Crippen LogP contribution >= 0.6 is 11.3 Å². The number of esters is 1. The number of aryl methyl sites for hydroxylation is 1. The van der Waals surface area contributed by atoms with E-state index in [0.717, 1.165) is 60.5 Å². The van der Waals surface area contributed by atoms with Gasteiger partial charge in [-0.2, -0.15) is 0 Å². The van der Waals surface area contributed by atoms with Crippen LogP contribution in [-0.2, 0) is 11.2 Å². The zero-order valence-electron chi connectivity index (χ0n) is 19.0. The van der Waals surface area contributed by atoms with Crippen molar-refractivity contribution in [1.82, 2.24) is 19.4 Å². The molecule has 0 atom stereocenters. The van der Waals surface area contributed by atoms with Gasteiger partial charge in [0.15, 0.2) is 10.5 Å². The summed E-state index contributed by atoms with van der Waals surface area (Å²) in [7, 11) is 0. The number of carbonyl (C=O) groups is 1. The third-order valence-electron chi connectivity index (χ3n) is 6.47. The molecule has 0 radical (unpaired) electrons. The van der Waals surface area contributed by atoms with E-state index >= 15 is 0 Å². The maximum atomic E-state index is 13.4. The molecule has 1 saturated heterocycles. The summed E-state index contributed by atoms with van der Waals surface area (Å²) in [6.45, 7) is 6.52. The van der Waals surface area contributed by atoms with Gasteiger partial charge in [0.05, 0.1) is 18.5 Å². The lowest BCUT2D eigenvalue weighted by Crippen LogP contribution is -2.34. The second-order valence-electron chi connectivity index (χ2n) is 8.50. The Morgan fingerprint density at radius 1 is 1.32 bits per heavy atom. The van der Waals surface area contributed by atoms with Crippen molar-refractivity contribution >= 4 is 33.2 Å². The van der Waals surface area contributed by atoms with Gasteiger partial charge in [-0.3, -0.25) is 9.20 Å². The summed E-state index contributed by atoms with van der Waals surface area (Å²) in [5.41, 5.74) is 1.80. The van der Waals surface area contributed by atoms with Gasteiger partial charge in [0.1, 0.15) is 11.4 Å².